The monoisotopic (exact) mass is 407 g/mol. The summed E-state index contributed by atoms with van der Waals surface area (Å²) in [6.45, 7) is 4.39. The molecule has 2 aromatic heterocycles. The lowest BCUT2D eigenvalue weighted by Crippen LogP contribution is -2.41. The number of nitrogens with two attached hydrogens (primary N) is 1. The minimum absolute atomic E-state index is 0.334. The van der Waals surface area contributed by atoms with Gasteiger partial charge in [0.15, 0.2) is 5.82 Å². The van der Waals surface area contributed by atoms with E-state index >= 15 is 0 Å². The molecule has 4 rings (SSSR count). The summed E-state index contributed by atoms with van der Waals surface area (Å²) in [6, 6.07) is 1.27. The van der Waals surface area contributed by atoms with Crippen LogP contribution in [0.15, 0.2) is 28.4 Å². The zero-order valence-electron chi connectivity index (χ0n) is 15.3. The Labute approximate surface area is 167 Å². The van der Waals surface area contributed by atoms with E-state index in [1.54, 1.807) is 6.20 Å². The van der Waals surface area contributed by atoms with Crippen LogP contribution in [-0.4, -0.2) is 28.0 Å². The first-order chi connectivity index (χ1) is 13.0. The summed E-state index contributed by atoms with van der Waals surface area (Å²) in [6.07, 6.45) is 9.52. The highest BCUT2D eigenvalue weighted by Gasteiger charge is 2.42. The van der Waals surface area contributed by atoms with Gasteiger partial charge in [-0.1, -0.05) is 43.1 Å². The molecule has 5 nitrogen and oxygen atoms in total. The standard InChI is InChI=1S/C19H23ClFN5S/c1-12-3-2-4-19(12)5-7-26(8-6-19)16-11-24-18(17(22)25-16)27-14-9-15(21)23-10-13(14)20/h9-12H,2-8H2,1H3,(H2,22,25)/t12-/m1/s1. The number of rotatable bonds is 3. The van der Waals surface area contributed by atoms with Crippen molar-refractivity contribution in [2.45, 2.75) is 48.9 Å². The molecule has 0 bridgehead atoms. The quantitative estimate of drug-likeness (QED) is 0.737. The van der Waals surface area contributed by atoms with Crippen molar-refractivity contribution in [1.82, 2.24) is 15.0 Å². The van der Waals surface area contributed by atoms with E-state index in [0.717, 1.165) is 24.8 Å². The van der Waals surface area contributed by atoms with Gasteiger partial charge in [-0.15, -0.1) is 0 Å². The summed E-state index contributed by atoms with van der Waals surface area (Å²) in [4.78, 5) is 15.3. The lowest BCUT2D eigenvalue weighted by Gasteiger charge is -2.42. The van der Waals surface area contributed by atoms with Crippen LogP contribution in [0.5, 0.6) is 0 Å². The third kappa shape index (κ3) is 3.72. The topological polar surface area (TPSA) is 67.9 Å². The Kier molecular flexibility index (Phi) is 5.16. The average Bonchev–Trinajstić information content (AvgIpc) is 3.00. The summed E-state index contributed by atoms with van der Waals surface area (Å²) in [5.74, 6) is 1.37. The highest BCUT2D eigenvalue weighted by molar-refractivity contribution is 7.99. The maximum absolute atomic E-state index is 13.4. The number of aromatic nitrogens is 3. The molecule has 0 amide bonds. The predicted octanol–water partition coefficient (Wildman–Crippen LogP) is 4.80. The van der Waals surface area contributed by atoms with Crippen molar-refractivity contribution in [2.24, 2.45) is 11.3 Å². The molecule has 1 atom stereocenters. The average molecular weight is 408 g/mol. The lowest BCUT2D eigenvalue weighted by molar-refractivity contribution is 0.161. The summed E-state index contributed by atoms with van der Waals surface area (Å²) in [5, 5.41) is 0.878. The Morgan fingerprint density at radius 3 is 2.70 bits per heavy atom. The van der Waals surface area contributed by atoms with Crippen LogP contribution in [0.4, 0.5) is 16.0 Å². The number of nitrogen functional groups attached to an aromatic ring is 1. The first kappa shape index (κ1) is 18.7. The first-order valence-corrected chi connectivity index (χ1v) is 10.5. The van der Waals surface area contributed by atoms with Gasteiger partial charge in [0, 0.05) is 30.2 Å². The molecule has 1 aliphatic heterocycles. The Balaban J connectivity index is 1.47. The van der Waals surface area contributed by atoms with E-state index < -0.39 is 5.95 Å². The molecule has 1 saturated heterocycles. The molecule has 1 spiro atoms. The largest absolute Gasteiger partial charge is 0.381 e. The van der Waals surface area contributed by atoms with Crippen molar-refractivity contribution < 1.29 is 4.39 Å². The fourth-order valence-electron chi connectivity index (χ4n) is 4.43. The van der Waals surface area contributed by atoms with E-state index in [-0.39, 0.29) is 0 Å². The Hall–Kier alpha value is -1.60. The number of piperidine rings is 1. The van der Waals surface area contributed by atoms with Crippen LogP contribution in [0.2, 0.25) is 5.02 Å². The number of anilines is 2. The maximum atomic E-state index is 13.4. The van der Waals surface area contributed by atoms with Crippen molar-refractivity contribution in [3.8, 4) is 0 Å². The van der Waals surface area contributed by atoms with E-state index in [1.165, 1.54) is 56.1 Å². The van der Waals surface area contributed by atoms with Crippen LogP contribution >= 0.6 is 23.4 Å². The molecule has 2 fully saturated rings. The minimum atomic E-state index is -0.589. The zero-order valence-corrected chi connectivity index (χ0v) is 16.9. The highest BCUT2D eigenvalue weighted by atomic mass is 35.5. The van der Waals surface area contributed by atoms with Crippen molar-refractivity contribution in [3.63, 3.8) is 0 Å². The minimum Gasteiger partial charge on any atom is -0.381 e. The summed E-state index contributed by atoms with van der Waals surface area (Å²) in [7, 11) is 0. The van der Waals surface area contributed by atoms with Gasteiger partial charge in [0.25, 0.3) is 0 Å². The second kappa shape index (κ2) is 7.43. The summed E-state index contributed by atoms with van der Waals surface area (Å²) >= 11 is 7.27. The second-order valence-electron chi connectivity index (χ2n) is 7.60. The van der Waals surface area contributed by atoms with Crippen LogP contribution in [0.3, 0.4) is 0 Å². The van der Waals surface area contributed by atoms with Gasteiger partial charge < -0.3 is 10.6 Å². The lowest BCUT2D eigenvalue weighted by atomic mass is 9.71. The van der Waals surface area contributed by atoms with Gasteiger partial charge in [0.2, 0.25) is 5.95 Å². The van der Waals surface area contributed by atoms with E-state index in [9.17, 15) is 4.39 Å². The molecule has 144 valence electrons. The maximum Gasteiger partial charge on any atom is 0.214 e. The highest BCUT2D eigenvalue weighted by Crippen LogP contribution is 2.50. The molecular weight excluding hydrogens is 385 g/mol. The van der Waals surface area contributed by atoms with Crippen LogP contribution in [-0.2, 0) is 0 Å². The number of hydrogen-bond donors (Lipinski definition) is 1. The van der Waals surface area contributed by atoms with E-state index in [4.69, 9.17) is 17.3 Å². The molecule has 27 heavy (non-hydrogen) atoms. The predicted molar refractivity (Wildman–Crippen MR) is 107 cm³/mol. The van der Waals surface area contributed by atoms with Crippen molar-refractivity contribution in [3.05, 3.63) is 29.4 Å². The molecule has 2 aromatic rings. The zero-order chi connectivity index (χ0) is 19.0. The fourth-order valence-corrected chi connectivity index (χ4v) is 5.42. The molecule has 1 saturated carbocycles. The number of halogens is 2. The van der Waals surface area contributed by atoms with E-state index in [1.807, 2.05) is 0 Å². The van der Waals surface area contributed by atoms with Gasteiger partial charge in [-0.25, -0.2) is 15.0 Å². The van der Waals surface area contributed by atoms with Crippen molar-refractivity contribution in [2.75, 3.05) is 23.7 Å². The van der Waals surface area contributed by atoms with Gasteiger partial charge in [-0.3, -0.25) is 0 Å². The summed E-state index contributed by atoms with van der Waals surface area (Å²) in [5.41, 5.74) is 6.65. The van der Waals surface area contributed by atoms with Crippen LogP contribution < -0.4 is 10.6 Å². The molecule has 8 heteroatoms. The molecule has 2 N–H and O–H groups in total. The SMILES string of the molecule is C[C@@H]1CCCC12CCN(c1cnc(Sc3cc(F)ncc3Cl)c(N)n1)CC2. The van der Waals surface area contributed by atoms with E-state index in [2.05, 4.69) is 26.8 Å². The fraction of sp³-hybridized carbons (Fsp3) is 0.526. The summed E-state index contributed by atoms with van der Waals surface area (Å²) < 4.78 is 13.4. The molecular formula is C19H23ClFN5S. The van der Waals surface area contributed by atoms with Gasteiger partial charge in [-0.05, 0) is 30.6 Å². The second-order valence-corrected chi connectivity index (χ2v) is 9.04. The van der Waals surface area contributed by atoms with Crippen molar-refractivity contribution >= 4 is 35.0 Å². The number of nitrogens with zero attached hydrogens (tertiary/aromatic N) is 4. The molecule has 2 aliphatic rings. The van der Waals surface area contributed by atoms with Gasteiger partial charge >= 0.3 is 0 Å². The molecule has 0 aromatic carbocycles. The normalized spacial score (nSPS) is 21.7. The number of hydrogen-bond acceptors (Lipinski definition) is 6. The molecule has 0 radical (unpaired) electrons. The molecule has 0 unspecified atom stereocenters. The Morgan fingerprint density at radius 2 is 2.04 bits per heavy atom. The van der Waals surface area contributed by atoms with Gasteiger partial charge in [0.1, 0.15) is 10.8 Å². The Bertz CT molecular complexity index is 841. The Morgan fingerprint density at radius 1 is 1.26 bits per heavy atom. The third-order valence-corrected chi connectivity index (χ3v) is 7.66. The van der Waals surface area contributed by atoms with E-state index in [0.29, 0.717) is 26.2 Å². The third-order valence-electron chi connectivity index (χ3n) is 6.19. The van der Waals surface area contributed by atoms with Gasteiger partial charge in [-0.2, -0.15) is 4.39 Å². The van der Waals surface area contributed by atoms with Gasteiger partial charge in [0.05, 0.1) is 11.2 Å². The van der Waals surface area contributed by atoms with Crippen LogP contribution in [0.1, 0.15) is 39.0 Å². The first-order valence-electron chi connectivity index (χ1n) is 9.33. The molecule has 1 aliphatic carbocycles. The smallest absolute Gasteiger partial charge is 0.214 e. The van der Waals surface area contributed by atoms with Crippen LogP contribution in [0, 0.1) is 17.3 Å². The number of pyridine rings is 1. The van der Waals surface area contributed by atoms with Crippen molar-refractivity contribution in [1.29, 1.82) is 0 Å². The van der Waals surface area contributed by atoms with Crippen LogP contribution in [0.25, 0.3) is 0 Å². The molecule has 3 heterocycles.